The predicted octanol–water partition coefficient (Wildman–Crippen LogP) is -0.899. The molecule has 5 nitrogen and oxygen atoms in total. The Kier molecular flexibility index (Phi) is 3.34. The second-order valence-electron chi connectivity index (χ2n) is 1.66. The van der Waals surface area contributed by atoms with Crippen LogP contribution in [0.15, 0.2) is 12.3 Å². The lowest BCUT2D eigenvalue weighted by Crippen LogP contribution is -2.12. The van der Waals surface area contributed by atoms with E-state index in [2.05, 4.69) is 9.32 Å². The van der Waals surface area contributed by atoms with Crippen LogP contribution >= 0.6 is 0 Å². The number of aliphatic hydroxyl groups excluding tert-OH is 1. The third kappa shape index (κ3) is 7.41. The van der Waals surface area contributed by atoms with Gasteiger partial charge in [0.2, 0.25) is 0 Å². The van der Waals surface area contributed by atoms with Crippen LogP contribution in [0.4, 0.5) is 0 Å². The molecule has 6 heteroatoms. The molecule has 60 valence electrons. The Morgan fingerprint density at radius 3 is 2.50 bits per heavy atom. The Morgan fingerprint density at radius 2 is 2.20 bits per heavy atom. The van der Waals surface area contributed by atoms with Gasteiger partial charge in [0, 0.05) is 0 Å². The lowest BCUT2D eigenvalue weighted by molar-refractivity contribution is 0.241. The summed E-state index contributed by atoms with van der Waals surface area (Å²) in [5.74, 6) is 0. The van der Waals surface area contributed by atoms with Crippen molar-refractivity contribution in [2.24, 2.45) is 5.14 Å². The monoisotopic (exact) mass is 167 g/mol. The molecule has 0 aliphatic rings. The van der Waals surface area contributed by atoms with Crippen LogP contribution in [0, 0.1) is 0 Å². The molecule has 0 heterocycles. The maximum absolute atomic E-state index is 10.0. The molecule has 0 amide bonds. The maximum Gasteiger partial charge on any atom is 0.379 e. The van der Waals surface area contributed by atoms with Crippen LogP contribution in [-0.4, -0.2) is 19.6 Å². The van der Waals surface area contributed by atoms with Crippen LogP contribution in [0.25, 0.3) is 0 Å². The van der Waals surface area contributed by atoms with Crippen LogP contribution in [0.3, 0.4) is 0 Å². The molecule has 0 rings (SSSR count). The first-order valence-corrected chi connectivity index (χ1v) is 3.95. The summed E-state index contributed by atoms with van der Waals surface area (Å²) in [4.78, 5) is 0. The normalized spacial score (nSPS) is 15.5. The zero-order valence-electron chi connectivity index (χ0n) is 5.39. The standard InChI is InChI=1S/C4H9NO4S/c1-4(6)2-3-9-10(5,7)8/h2-4,6H,1H3,(H2,5,7,8)/b3-2-/t4-/m1/s1. The second-order valence-corrected chi connectivity index (χ2v) is 2.84. The van der Waals surface area contributed by atoms with Gasteiger partial charge in [-0.3, -0.25) is 0 Å². The molecule has 10 heavy (non-hydrogen) atoms. The van der Waals surface area contributed by atoms with Crippen LogP contribution < -0.4 is 5.14 Å². The fourth-order valence-electron chi connectivity index (χ4n) is 0.223. The first-order chi connectivity index (χ1) is 4.42. The van der Waals surface area contributed by atoms with E-state index in [-0.39, 0.29) is 0 Å². The van der Waals surface area contributed by atoms with E-state index >= 15 is 0 Å². The third-order valence-corrected chi connectivity index (χ3v) is 0.926. The molecule has 0 saturated heterocycles. The Labute approximate surface area is 59.4 Å². The SMILES string of the molecule is C[C@@H](O)/C=C\OS(N)(=O)=O. The molecule has 0 aromatic carbocycles. The van der Waals surface area contributed by atoms with Gasteiger partial charge >= 0.3 is 10.3 Å². The summed E-state index contributed by atoms with van der Waals surface area (Å²) in [5.41, 5.74) is 0. The van der Waals surface area contributed by atoms with Gasteiger partial charge in [-0.1, -0.05) is 0 Å². The zero-order chi connectivity index (χ0) is 8.20. The average Bonchev–Trinajstić information content (AvgIpc) is 1.59. The first kappa shape index (κ1) is 9.41. The Morgan fingerprint density at radius 1 is 1.70 bits per heavy atom. The van der Waals surface area contributed by atoms with E-state index in [1.807, 2.05) is 0 Å². The smallest absolute Gasteiger partial charge is 0.379 e. The molecular weight excluding hydrogens is 158 g/mol. The van der Waals surface area contributed by atoms with Crippen molar-refractivity contribution in [3.8, 4) is 0 Å². The third-order valence-electron chi connectivity index (χ3n) is 0.547. The summed E-state index contributed by atoms with van der Waals surface area (Å²) in [6.45, 7) is 1.45. The fraction of sp³-hybridized carbons (Fsp3) is 0.500. The van der Waals surface area contributed by atoms with Gasteiger partial charge in [0.05, 0.1) is 6.10 Å². The van der Waals surface area contributed by atoms with E-state index in [4.69, 9.17) is 5.11 Å². The van der Waals surface area contributed by atoms with Gasteiger partial charge in [-0.15, -0.1) is 0 Å². The highest BCUT2D eigenvalue weighted by atomic mass is 32.2. The second kappa shape index (κ2) is 3.55. The summed E-state index contributed by atoms with van der Waals surface area (Å²) in [6, 6.07) is 0. The molecule has 0 aliphatic carbocycles. The zero-order valence-corrected chi connectivity index (χ0v) is 6.21. The summed E-state index contributed by atoms with van der Waals surface area (Å²) >= 11 is 0. The van der Waals surface area contributed by atoms with E-state index < -0.39 is 16.4 Å². The number of hydrogen-bond donors (Lipinski definition) is 2. The van der Waals surface area contributed by atoms with Crippen molar-refractivity contribution in [3.63, 3.8) is 0 Å². The maximum atomic E-state index is 10.0. The molecule has 0 bridgehead atoms. The lowest BCUT2D eigenvalue weighted by atomic mass is 10.4. The van der Waals surface area contributed by atoms with E-state index in [9.17, 15) is 8.42 Å². The van der Waals surface area contributed by atoms with E-state index in [1.165, 1.54) is 6.92 Å². The largest absolute Gasteiger partial charge is 0.389 e. The highest BCUT2D eigenvalue weighted by Crippen LogP contribution is 1.87. The minimum Gasteiger partial charge on any atom is -0.389 e. The quantitative estimate of drug-likeness (QED) is 0.533. The average molecular weight is 167 g/mol. The van der Waals surface area contributed by atoms with Gasteiger partial charge in [-0.05, 0) is 13.0 Å². The van der Waals surface area contributed by atoms with E-state index in [1.54, 1.807) is 0 Å². The van der Waals surface area contributed by atoms with Crippen molar-refractivity contribution in [2.75, 3.05) is 0 Å². The molecule has 0 aliphatic heterocycles. The highest BCUT2D eigenvalue weighted by Gasteiger charge is 1.96. The van der Waals surface area contributed by atoms with Gasteiger partial charge in [0.25, 0.3) is 0 Å². The minimum atomic E-state index is -3.92. The van der Waals surface area contributed by atoms with Gasteiger partial charge in [-0.2, -0.15) is 13.6 Å². The lowest BCUT2D eigenvalue weighted by Gasteiger charge is -1.94. The van der Waals surface area contributed by atoms with Gasteiger partial charge in [-0.25, -0.2) is 0 Å². The molecule has 0 aromatic heterocycles. The first-order valence-electron chi connectivity index (χ1n) is 2.47. The molecule has 0 aromatic rings. The number of nitrogens with two attached hydrogens (primary N) is 1. The van der Waals surface area contributed by atoms with Gasteiger partial charge in [0.15, 0.2) is 0 Å². The molecule has 3 N–H and O–H groups in total. The molecule has 0 fully saturated rings. The van der Waals surface area contributed by atoms with Crippen LogP contribution in [-0.2, 0) is 14.5 Å². The molecule has 1 atom stereocenters. The van der Waals surface area contributed by atoms with E-state index in [0.29, 0.717) is 0 Å². The minimum absolute atomic E-state index is 0.748. The van der Waals surface area contributed by atoms with Crippen LogP contribution in [0.1, 0.15) is 6.92 Å². The summed E-state index contributed by atoms with van der Waals surface area (Å²) in [6.07, 6.45) is 1.21. The summed E-state index contributed by atoms with van der Waals surface area (Å²) in [5, 5.41) is 13.0. The predicted molar refractivity (Wildman–Crippen MR) is 35.0 cm³/mol. The number of aliphatic hydroxyl groups is 1. The van der Waals surface area contributed by atoms with Crippen molar-refractivity contribution in [1.29, 1.82) is 0 Å². The topological polar surface area (TPSA) is 89.6 Å². The molecule has 0 radical (unpaired) electrons. The van der Waals surface area contributed by atoms with Crippen molar-refractivity contribution in [3.05, 3.63) is 12.3 Å². The molecule has 0 unspecified atom stereocenters. The van der Waals surface area contributed by atoms with Crippen LogP contribution in [0.5, 0.6) is 0 Å². The Hall–Kier alpha value is -0.590. The van der Waals surface area contributed by atoms with Gasteiger partial charge in [0.1, 0.15) is 6.26 Å². The molecular formula is C4H9NO4S. The highest BCUT2D eigenvalue weighted by molar-refractivity contribution is 7.84. The number of hydrogen-bond acceptors (Lipinski definition) is 4. The van der Waals surface area contributed by atoms with Crippen molar-refractivity contribution < 1.29 is 17.7 Å². The summed E-state index contributed by atoms with van der Waals surface area (Å²) < 4.78 is 24.0. The van der Waals surface area contributed by atoms with Crippen molar-refractivity contribution in [2.45, 2.75) is 13.0 Å². The molecule has 0 spiro atoms. The van der Waals surface area contributed by atoms with Crippen LogP contribution in [0.2, 0.25) is 0 Å². The fourth-order valence-corrected chi connectivity index (χ4v) is 0.442. The van der Waals surface area contributed by atoms with Crippen molar-refractivity contribution in [1.82, 2.24) is 0 Å². The molecule has 0 saturated carbocycles. The Balaban J connectivity index is 3.77. The van der Waals surface area contributed by atoms with Crippen molar-refractivity contribution >= 4 is 10.3 Å². The van der Waals surface area contributed by atoms with Gasteiger partial charge < -0.3 is 9.29 Å². The number of rotatable bonds is 3. The summed E-state index contributed by atoms with van der Waals surface area (Å²) in [7, 11) is -3.92. The van der Waals surface area contributed by atoms with E-state index in [0.717, 1.165) is 12.3 Å². The Bertz CT molecular complexity index is 205.